The summed E-state index contributed by atoms with van der Waals surface area (Å²) in [6, 6.07) is 11.7. The van der Waals surface area contributed by atoms with E-state index < -0.39 is 0 Å². The summed E-state index contributed by atoms with van der Waals surface area (Å²) < 4.78 is 22.4. The van der Waals surface area contributed by atoms with Crippen molar-refractivity contribution in [1.29, 1.82) is 0 Å². The van der Waals surface area contributed by atoms with E-state index in [0.29, 0.717) is 60.4 Å². The predicted molar refractivity (Wildman–Crippen MR) is 141 cm³/mol. The highest BCUT2D eigenvalue weighted by Gasteiger charge is 2.20. The molecule has 11 nitrogen and oxygen atoms in total. The number of nitrogens with one attached hydrogen (secondary N) is 2. The van der Waals surface area contributed by atoms with Gasteiger partial charge in [-0.15, -0.1) is 0 Å². The minimum Gasteiger partial charge on any atom is -0.497 e. The van der Waals surface area contributed by atoms with Crippen LogP contribution >= 0.6 is 0 Å². The van der Waals surface area contributed by atoms with Gasteiger partial charge in [-0.3, -0.25) is 0 Å². The standard InChI is InChI=1S/C26H29N7O4/c1-4-27-26-32-23(17-13-19(34-2)15-20(14-17)35-3)24(37-26)21-7-8-28-25(31-21)30-18-5-6-22(29-16-18)33-9-11-36-12-10-33/h5-8,13-16H,4,9-12H2,1-3H3,(H,27,32)(H,28,30,31). The molecule has 11 heteroatoms. The fraction of sp³-hybridized carbons (Fsp3) is 0.308. The lowest BCUT2D eigenvalue weighted by atomic mass is 10.1. The van der Waals surface area contributed by atoms with Gasteiger partial charge in [0.25, 0.3) is 6.01 Å². The fourth-order valence-electron chi connectivity index (χ4n) is 3.97. The van der Waals surface area contributed by atoms with Crippen molar-refractivity contribution in [1.82, 2.24) is 19.9 Å². The third-order valence-electron chi connectivity index (χ3n) is 5.81. The van der Waals surface area contributed by atoms with Crippen LogP contribution in [0.15, 0.2) is 53.2 Å². The molecule has 1 aliphatic heterocycles. The van der Waals surface area contributed by atoms with Crippen LogP contribution < -0.4 is 25.0 Å². The monoisotopic (exact) mass is 503 g/mol. The molecule has 0 saturated carbocycles. The Bertz CT molecular complexity index is 1320. The molecule has 2 N–H and O–H groups in total. The Morgan fingerprint density at radius 3 is 2.43 bits per heavy atom. The number of nitrogens with zero attached hydrogens (tertiary/aromatic N) is 5. The zero-order valence-corrected chi connectivity index (χ0v) is 21.0. The topological polar surface area (TPSA) is 120 Å². The maximum Gasteiger partial charge on any atom is 0.295 e. The molecular formula is C26H29N7O4. The van der Waals surface area contributed by atoms with E-state index in [1.54, 1.807) is 38.7 Å². The SMILES string of the molecule is CCNc1nc(-c2cc(OC)cc(OC)c2)c(-c2ccnc(Nc3ccc(N4CCOCC4)nc3)n2)o1. The summed E-state index contributed by atoms with van der Waals surface area (Å²) >= 11 is 0. The molecule has 1 aliphatic rings. The molecule has 1 saturated heterocycles. The number of methoxy groups -OCH3 is 2. The molecule has 0 spiro atoms. The minimum absolute atomic E-state index is 0.394. The highest BCUT2D eigenvalue weighted by molar-refractivity contribution is 5.78. The van der Waals surface area contributed by atoms with Crippen LogP contribution in [-0.4, -0.2) is 67.0 Å². The number of ether oxygens (including phenoxy) is 3. The maximum absolute atomic E-state index is 6.08. The van der Waals surface area contributed by atoms with Crippen molar-refractivity contribution >= 4 is 23.5 Å². The lowest BCUT2D eigenvalue weighted by Gasteiger charge is -2.27. The molecule has 1 fully saturated rings. The number of rotatable bonds is 9. The summed E-state index contributed by atoms with van der Waals surface area (Å²) in [6.07, 6.45) is 3.44. The van der Waals surface area contributed by atoms with E-state index in [1.165, 1.54) is 0 Å². The first-order valence-electron chi connectivity index (χ1n) is 12.0. The second-order valence-electron chi connectivity index (χ2n) is 8.22. The van der Waals surface area contributed by atoms with E-state index in [4.69, 9.17) is 23.6 Å². The predicted octanol–water partition coefficient (Wildman–Crippen LogP) is 4.22. The van der Waals surface area contributed by atoms with Crippen LogP contribution in [0.25, 0.3) is 22.7 Å². The molecule has 0 atom stereocenters. The Morgan fingerprint density at radius 1 is 0.973 bits per heavy atom. The lowest BCUT2D eigenvalue weighted by molar-refractivity contribution is 0.122. The fourth-order valence-corrected chi connectivity index (χ4v) is 3.97. The van der Waals surface area contributed by atoms with E-state index >= 15 is 0 Å². The van der Waals surface area contributed by atoms with Crippen molar-refractivity contribution in [2.45, 2.75) is 6.92 Å². The Hall–Kier alpha value is -4.38. The Morgan fingerprint density at radius 2 is 1.76 bits per heavy atom. The molecular weight excluding hydrogens is 474 g/mol. The van der Waals surface area contributed by atoms with Gasteiger partial charge in [0.2, 0.25) is 5.95 Å². The molecule has 5 rings (SSSR count). The molecule has 0 aliphatic carbocycles. The zero-order chi connectivity index (χ0) is 25.6. The van der Waals surface area contributed by atoms with Gasteiger partial charge in [-0.05, 0) is 37.3 Å². The van der Waals surface area contributed by atoms with E-state index in [-0.39, 0.29) is 0 Å². The Balaban J connectivity index is 1.44. The maximum atomic E-state index is 6.08. The molecule has 4 heterocycles. The number of benzene rings is 1. The van der Waals surface area contributed by atoms with Gasteiger partial charge >= 0.3 is 0 Å². The summed E-state index contributed by atoms with van der Waals surface area (Å²) in [4.78, 5) is 20.5. The van der Waals surface area contributed by atoms with Crippen LogP contribution in [0.2, 0.25) is 0 Å². The van der Waals surface area contributed by atoms with Gasteiger partial charge in [-0.2, -0.15) is 4.98 Å². The highest BCUT2D eigenvalue weighted by atomic mass is 16.5. The molecule has 192 valence electrons. The van der Waals surface area contributed by atoms with E-state index in [0.717, 1.165) is 30.2 Å². The van der Waals surface area contributed by atoms with Crippen LogP contribution in [-0.2, 0) is 4.74 Å². The average molecular weight is 504 g/mol. The van der Waals surface area contributed by atoms with Crippen molar-refractivity contribution < 1.29 is 18.6 Å². The first kappa shape index (κ1) is 24.3. The molecule has 0 bridgehead atoms. The van der Waals surface area contributed by atoms with Crippen molar-refractivity contribution in [3.8, 4) is 34.2 Å². The van der Waals surface area contributed by atoms with Crippen molar-refractivity contribution in [3.05, 3.63) is 48.8 Å². The van der Waals surface area contributed by atoms with Gasteiger partial charge < -0.3 is 34.2 Å². The number of pyridine rings is 1. The number of oxazole rings is 1. The smallest absolute Gasteiger partial charge is 0.295 e. The van der Waals surface area contributed by atoms with Crippen LogP contribution in [0, 0.1) is 0 Å². The Labute approximate surface area is 214 Å². The third kappa shape index (κ3) is 5.56. The minimum atomic E-state index is 0.394. The van der Waals surface area contributed by atoms with Crippen molar-refractivity contribution in [2.75, 3.05) is 62.6 Å². The molecule has 1 aromatic carbocycles. The summed E-state index contributed by atoms with van der Waals surface area (Å²) in [5, 5.41) is 6.36. The van der Waals surface area contributed by atoms with Crippen LogP contribution in [0.3, 0.4) is 0 Å². The molecule has 0 unspecified atom stereocenters. The van der Waals surface area contributed by atoms with Crippen molar-refractivity contribution in [3.63, 3.8) is 0 Å². The number of hydrogen-bond acceptors (Lipinski definition) is 11. The van der Waals surface area contributed by atoms with Gasteiger partial charge in [0.05, 0.1) is 39.3 Å². The van der Waals surface area contributed by atoms with E-state index in [1.807, 2.05) is 31.2 Å². The molecule has 3 aromatic heterocycles. The number of aromatic nitrogens is 4. The zero-order valence-electron chi connectivity index (χ0n) is 21.0. The quantitative estimate of drug-likeness (QED) is 0.341. The van der Waals surface area contributed by atoms with Gasteiger partial charge in [0, 0.05) is 37.5 Å². The first-order valence-corrected chi connectivity index (χ1v) is 12.0. The third-order valence-corrected chi connectivity index (χ3v) is 5.81. The van der Waals surface area contributed by atoms with Crippen LogP contribution in [0.4, 0.5) is 23.5 Å². The molecule has 37 heavy (non-hydrogen) atoms. The van der Waals surface area contributed by atoms with E-state index in [2.05, 4.69) is 30.5 Å². The van der Waals surface area contributed by atoms with Crippen LogP contribution in [0.1, 0.15) is 6.92 Å². The van der Waals surface area contributed by atoms with Crippen LogP contribution in [0.5, 0.6) is 11.5 Å². The lowest BCUT2D eigenvalue weighted by Crippen LogP contribution is -2.36. The molecule has 4 aromatic rings. The first-order chi connectivity index (χ1) is 18.2. The molecule has 0 amide bonds. The highest BCUT2D eigenvalue weighted by Crippen LogP contribution is 2.37. The largest absolute Gasteiger partial charge is 0.497 e. The van der Waals surface area contributed by atoms with Crippen molar-refractivity contribution in [2.24, 2.45) is 0 Å². The average Bonchev–Trinajstić information content (AvgIpc) is 3.38. The number of anilines is 4. The number of morpholine rings is 1. The molecule has 0 radical (unpaired) electrons. The summed E-state index contributed by atoms with van der Waals surface area (Å²) in [5.74, 6) is 3.11. The number of hydrogen-bond donors (Lipinski definition) is 2. The van der Waals surface area contributed by atoms with Gasteiger partial charge in [-0.25, -0.2) is 15.0 Å². The van der Waals surface area contributed by atoms with Gasteiger partial charge in [0.1, 0.15) is 28.7 Å². The summed E-state index contributed by atoms with van der Waals surface area (Å²) in [6.45, 7) is 5.72. The Kier molecular flexibility index (Phi) is 7.31. The second-order valence-corrected chi connectivity index (χ2v) is 8.22. The second kappa shape index (κ2) is 11.1. The summed E-state index contributed by atoms with van der Waals surface area (Å²) in [7, 11) is 3.22. The normalized spacial score (nSPS) is 13.3. The summed E-state index contributed by atoms with van der Waals surface area (Å²) in [5.41, 5.74) is 2.73. The van der Waals surface area contributed by atoms with E-state index in [9.17, 15) is 0 Å². The van der Waals surface area contributed by atoms with Gasteiger partial charge in [0.15, 0.2) is 5.76 Å². The van der Waals surface area contributed by atoms with Gasteiger partial charge in [-0.1, -0.05) is 0 Å².